The first-order chi connectivity index (χ1) is 8.91. The van der Waals surface area contributed by atoms with E-state index in [0.29, 0.717) is 17.3 Å². The van der Waals surface area contributed by atoms with Crippen LogP contribution in [0, 0.1) is 0 Å². The largest absolute Gasteiger partial charge is 0.481 e. The number of carbonyl (C=O) groups is 2. The number of rotatable bonds is 6. The van der Waals surface area contributed by atoms with Gasteiger partial charge in [-0.1, -0.05) is 23.7 Å². The fraction of sp³-hybridized carbons (Fsp3) is 0.385. The second kappa shape index (κ2) is 7.11. The van der Waals surface area contributed by atoms with Crippen LogP contribution < -0.4 is 5.32 Å². The van der Waals surface area contributed by atoms with Crippen molar-refractivity contribution in [1.82, 2.24) is 4.90 Å². The summed E-state index contributed by atoms with van der Waals surface area (Å²) in [5.41, 5.74) is 0.549. The highest BCUT2D eigenvalue weighted by Crippen LogP contribution is 2.20. The van der Waals surface area contributed by atoms with Crippen molar-refractivity contribution in [2.45, 2.75) is 19.4 Å². The molecule has 1 aromatic rings. The van der Waals surface area contributed by atoms with Gasteiger partial charge in [0.15, 0.2) is 0 Å². The Hall–Kier alpha value is -1.59. The summed E-state index contributed by atoms with van der Waals surface area (Å²) in [5, 5.41) is 11.8. The summed E-state index contributed by atoms with van der Waals surface area (Å²) in [5.74, 6) is -1.11. The van der Waals surface area contributed by atoms with Crippen LogP contribution in [-0.2, 0) is 9.59 Å². The Morgan fingerprint density at radius 2 is 2.05 bits per heavy atom. The van der Waals surface area contributed by atoms with Crippen LogP contribution in [0.4, 0.5) is 5.69 Å². The lowest BCUT2D eigenvalue weighted by molar-refractivity contribution is -0.137. The van der Waals surface area contributed by atoms with Gasteiger partial charge in [0.25, 0.3) is 0 Å². The van der Waals surface area contributed by atoms with E-state index in [1.165, 1.54) is 0 Å². The molecule has 104 valence electrons. The number of carboxylic acid groups (broad SMARTS) is 1. The number of amides is 1. The molecule has 1 unspecified atom stereocenters. The molecule has 0 aliphatic heterocycles. The number of aliphatic carboxylic acids is 1. The molecule has 0 bridgehead atoms. The highest BCUT2D eigenvalue weighted by molar-refractivity contribution is 6.33. The van der Waals surface area contributed by atoms with Gasteiger partial charge in [-0.05, 0) is 26.1 Å². The van der Waals surface area contributed by atoms with Gasteiger partial charge in [0.05, 0.1) is 23.2 Å². The number of carbonyl (C=O) groups excluding carboxylic acids is 1. The van der Waals surface area contributed by atoms with E-state index in [0.717, 1.165) is 0 Å². The van der Waals surface area contributed by atoms with Crippen molar-refractivity contribution >= 4 is 29.2 Å². The molecule has 0 saturated carbocycles. The summed E-state index contributed by atoms with van der Waals surface area (Å²) >= 11 is 5.95. The minimum Gasteiger partial charge on any atom is -0.481 e. The number of para-hydroxylation sites is 1. The van der Waals surface area contributed by atoms with E-state index in [1.54, 1.807) is 43.1 Å². The van der Waals surface area contributed by atoms with Crippen LogP contribution in [0.25, 0.3) is 0 Å². The first-order valence-corrected chi connectivity index (χ1v) is 6.27. The molecule has 0 aliphatic rings. The average Bonchev–Trinajstić information content (AvgIpc) is 2.37. The zero-order valence-corrected chi connectivity index (χ0v) is 11.6. The lowest BCUT2D eigenvalue weighted by Crippen LogP contribution is -2.40. The summed E-state index contributed by atoms with van der Waals surface area (Å²) in [7, 11) is 1.71. The van der Waals surface area contributed by atoms with Gasteiger partial charge in [-0.25, -0.2) is 0 Å². The number of anilines is 1. The molecule has 1 amide bonds. The first-order valence-electron chi connectivity index (χ1n) is 5.89. The third kappa shape index (κ3) is 4.89. The van der Waals surface area contributed by atoms with Crippen LogP contribution in [0.2, 0.25) is 5.02 Å². The van der Waals surface area contributed by atoms with E-state index in [1.807, 2.05) is 0 Å². The van der Waals surface area contributed by atoms with Gasteiger partial charge < -0.3 is 10.4 Å². The minimum absolute atomic E-state index is 0.000211. The molecule has 1 rings (SSSR count). The van der Waals surface area contributed by atoms with E-state index in [4.69, 9.17) is 16.7 Å². The fourth-order valence-corrected chi connectivity index (χ4v) is 1.65. The Bertz CT molecular complexity index is 465. The smallest absolute Gasteiger partial charge is 0.304 e. The Balaban J connectivity index is 2.57. The zero-order chi connectivity index (χ0) is 14.4. The van der Waals surface area contributed by atoms with Gasteiger partial charge in [-0.15, -0.1) is 0 Å². The van der Waals surface area contributed by atoms with Crippen molar-refractivity contribution in [2.75, 3.05) is 18.9 Å². The number of likely N-dealkylation sites (N-methyl/N-ethyl adjacent to an activating group) is 1. The van der Waals surface area contributed by atoms with Crippen LogP contribution in [0.1, 0.15) is 13.3 Å². The predicted molar refractivity (Wildman–Crippen MR) is 74.4 cm³/mol. The number of nitrogens with zero attached hydrogens (tertiary/aromatic N) is 1. The number of hydrogen-bond acceptors (Lipinski definition) is 3. The van der Waals surface area contributed by atoms with Crippen LogP contribution in [0.15, 0.2) is 24.3 Å². The molecule has 1 atom stereocenters. The Morgan fingerprint density at radius 1 is 1.42 bits per heavy atom. The first kappa shape index (κ1) is 15.5. The molecule has 0 fully saturated rings. The van der Waals surface area contributed by atoms with Crippen LogP contribution >= 0.6 is 11.6 Å². The summed E-state index contributed by atoms with van der Waals surface area (Å²) in [4.78, 5) is 24.2. The SMILES string of the molecule is CC(C(=O)Nc1ccccc1Cl)N(C)CCC(=O)O. The molecule has 6 heteroatoms. The maximum atomic E-state index is 12.0. The Labute approximate surface area is 117 Å². The van der Waals surface area contributed by atoms with Crippen LogP contribution in [0.5, 0.6) is 0 Å². The van der Waals surface area contributed by atoms with Crippen molar-refractivity contribution in [3.8, 4) is 0 Å². The highest BCUT2D eigenvalue weighted by Gasteiger charge is 2.19. The van der Waals surface area contributed by atoms with E-state index in [-0.39, 0.29) is 12.3 Å². The molecule has 0 spiro atoms. The number of halogens is 1. The molecule has 0 aliphatic carbocycles. The van der Waals surface area contributed by atoms with Gasteiger partial charge in [0, 0.05) is 6.54 Å². The molecule has 1 aromatic carbocycles. The highest BCUT2D eigenvalue weighted by atomic mass is 35.5. The second-order valence-corrected chi connectivity index (χ2v) is 4.68. The average molecular weight is 285 g/mol. The fourth-order valence-electron chi connectivity index (χ4n) is 1.47. The lowest BCUT2D eigenvalue weighted by Gasteiger charge is -2.23. The number of nitrogens with one attached hydrogen (secondary N) is 1. The molecule has 0 heterocycles. The quantitative estimate of drug-likeness (QED) is 0.839. The van der Waals surface area contributed by atoms with Gasteiger partial charge >= 0.3 is 5.97 Å². The Morgan fingerprint density at radius 3 is 2.63 bits per heavy atom. The molecule has 0 saturated heterocycles. The predicted octanol–water partition coefficient (Wildman–Crippen LogP) is 2.07. The third-order valence-electron chi connectivity index (χ3n) is 2.85. The summed E-state index contributed by atoms with van der Waals surface area (Å²) < 4.78 is 0. The topological polar surface area (TPSA) is 69.6 Å². The number of benzene rings is 1. The number of hydrogen-bond donors (Lipinski definition) is 2. The molecule has 5 nitrogen and oxygen atoms in total. The van der Waals surface area contributed by atoms with Gasteiger partial charge in [-0.3, -0.25) is 14.5 Å². The summed E-state index contributed by atoms with van der Waals surface area (Å²) in [6.45, 7) is 2.03. The number of carboxylic acids is 1. The summed E-state index contributed by atoms with van der Waals surface area (Å²) in [6, 6.07) is 6.52. The maximum absolute atomic E-state index is 12.0. The van der Waals surface area contributed by atoms with Crippen molar-refractivity contribution in [3.63, 3.8) is 0 Å². The monoisotopic (exact) mass is 284 g/mol. The van der Waals surface area contributed by atoms with Crippen molar-refractivity contribution in [2.24, 2.45) is 0 Å². The van der Waals surface area contributed by atoms with Crippen molar-refractivity contribution in [3.05, 3.63) is 29.3 Å². The van der Waals surface area contributed by atoms with Crippen LogP contribution in [-0.4, -0.2) is 41.5 Å². The Kier molecular flexibility index (Phi) is 5.79. The van der Waals surface area contributed by atoms with E-state index < -0.39 is 12.0 Å². The molecular weight excluding hydrogens is 268 g/mol. The summed E-state index contributed by atoms with van der Waals surface area (Å²) in [6.07, 6.45) is 0.000211. The van der Waals surface area contributed by atoms with E-state index in [2.05, 4.69) is 5.32 Å². The molecule has 19 heavy (non-hydrogen) atoms. The standard InChI is InChI=1S/C13H17ClN2O3/c1-9(16(2)8-7-12(17)18)13(19)15-11-6-4-3-5-10(11)14/h3-6,9H,7-8H2,1-2H3,(H,15,19)(H,17,18). The second-order valence-electron chi connectivity index (χ2n) is 4.27. The van der Waals surface area contributed by atoms with Gasteiger partial charge in [-0.2, -0.15) is 0 Å². The van der Waals surface area contributed by atoms with Crippen molar-refractivity contribution in [1.29, 1.82) is 0 Å². The molecular formula is C13H17ClN2O3. The van der Waals surface area contributed by atoms with E-state index in [9.17, 15) is 9.59 Å². The van der Waals surface area contributed by atoms with Crippen molar-refractivity contribution < 1.29 is 14.7 Å². The zero-order valence-electron chi connectivity index (χ0n) is 10.9. The normalized spacial score (nSPS) is 12.2. The van der Waals surface area contributed by atoms with Gasteiger partial charge in [0.1, 0.15) is 0 Å². The van der Waals surface area contributed by atoms with Gasteiger partial charge in [0.2, 0.25) is 5.91 Å². The lowest BCUT2D eigenvalue weighted by atomic mass is 10.2. The maximum Gasteiger partial charge on any atom is 0.304 e. The van der Waals surface area contributed by atoms with E-state index >= 15 is 0 Å². The molecule has 0 aromatic heterocycles. The molecule has 2 N–H and O–H groups in total. The minimum atomic E-state index is -0.884. The van der Waals surface area contributed by atoms with Crippen LogP contribution in [0.3, 0.4) is 0 Å². The molecule has 0 radical (unpaired) electrons. The third-order valence-corrected chi connectivity index (χ3v) is 3.18.